The molecule has 1 aromatic heterocycles. The highest BCUT2D eigenvalue weighted by atomic mass is 16.6. The monoisotopic (exact) mass is 363 g/mol. The highest BCUT2D eigenvalue weighted by Gasteiger charge is 2.31. The van der Waals surface area contributed by atoms with Crippen LogP contribution in [-0.4, -0.2) is 40.6 Å². The number of carbonyl (C=O) groups excluding carboxylic acids is 2. The molecule has 2 amide bonds. The first-order valence-corrected chi connectivity index (χ1v) is 9.02. The van der Waals surface area contributed by atoms with Crippen molar-refractivity contribution in [1.82, 2.24) is 15.2 Å². The number of nitrogens with one attached hydrogen (secondary N) is 2. The van der Waals surface area contributed by atoms with E-state index in [4.69, 9.17) is 4.74 Å². The molecule has 26 heavy (non-hydrogen) atoms. The van der Waals surface area contributed by atoms with Gasteiger partial charge >= 0.3 is 6.09 Å². The Hall–Kier alpha value is -2.31. The van der Waals surface area contributed by atoms with Crippen LogP contribution in [0.5, 0.6) is 0 Å². The molecule has 1 aromatic rings. The number of aromatic nitrogens is 1. The van der Waals surface area contributed by atoms with Crippen LogP contribution in [0.15, 0.2) is 10.9 Å². The van der Waals surface area contributed by atoms with Crippen molar-refractivity contribution < 1.29 is 14.3 Å². The first-order valence-electron chi connectivity index (χ1n) is 9.02. The molecule has 0 aliphatic carbocycles. The Morgan fingerprint density at radius 3 is 2.65 bits per heavy atom. The summed E-state index contributed by atoms with van der Waals surface area (Å²) in [6.45, 7) is 10.3. The van der Waals surface area contributed by atoms with Crippen LogP contribution >= 0.6 is 0 Å². The lowest BCUT2D eigenvalue weighted by atomic mass is 9.97. The van der Waals surface area contributed by atoms with Crippen molar-refractivity contribution in [2.45, 2.75) is 59.6 Å². The maximum absolute atomic E-state index is 12.5. The van der Waals surface area contributed by atoms with Crippen LogP contribution in [-0.2, 0) is 16.1 Å². The van der Waals surface area contributed by atoms with Crippen LogP contribution < -0.4 is 10.9 Å². The van der Waals surface area contributed by atoms with Gasteiger partial charge in [0.05, 0.1) is 5.92 Å². The molecule has 0 saturated carbocycles. The molecule has 1 atom stereocenters. The number of ether oxygens (including phenoxy) is 1. The van der Waals surface area contributed by atoms with Crippen molar-refractivity contribution in [2.75, 3.05) is 13.1 Å². The van der Waals surface area contributed by atoms with Crippen molar-refractivity contribution in [3.05, 3.63) is 33.2 Å². The second-order valence-electron chi connectivity index (χ2n) is 7.93. The molecular formula is C19H29N3O4. The number of likely N-dealkylation sites (tertiary alicyclic amines) is 1. The van der Waals surface area contributed by atoms with Crippen molar-refractivity contribution in [3.8, 4) is 0 Å². The molecule has 0 unspecified atom stereocenters. The first-order chi connectivity index (χ1) is 12.1. The maximum Gasteiger partial charge on any atom is 0.410 e. The number of amides is 2. The van der Waals surface area contributed by atoms with E-state index in [1.54, 1.807) is 4.90 Å². The maximum atomic E-state index is 12.5. The normalized spacial score (nSPS) is 17.7. The summed E-state index contributed by atoms with van der Waals surface area (Å²) in [6.07, 6.45) is 1.08. The summed E-state index contributed by atoms with van der Waals surface area (Å²) >= 11 is 0. The van der Waals surface area contributed by atoms with Crippen molar-refractivity contribution in [2.24, 2.45) is 5.92 Å². The second-order valence-corrected chi connectivity index (χ2v) is 7.93. The molecule has 0 bridgehead atoms. The second kappa shape index (κ2) is 7.93. The third kappa shape index (κ3) is 5.34. The van der Waals surface area contributed by atoms with Gasteiger partial charge < -0.3 is 19.9 Å². The van der Waals surface area contributed by atoms with Gasteiger partial charge in [-0.05, 0) is 59.1 Å². The van der Waals surface area contributed by atoms with E-state index in [2.05, 4.69) is 10.3 Å². The molecule has 1 aliphatic rings. The Kier molecular flexibility index (Phi) is 6.10. The predicted octanol–water partition coefficient (Wildman–Crippen LogP) is 2.26. The minimum absolute atomic E-state index is 0.141. The Morgan fingerprint density at radius 2 is 2.04 bits per heavy atom. The number of rotatable bonds is 3. The number of hydrogen-bond donors (Lipinski definition) is 2. The average Bonchev–Trinajstić information content (AvgIpc) is 2.52. The third-order valence-corrected chi connectivity index (χ3v) is 4.38. The van der Waals surface area contributed by atoms with E-state index in [0.717, 1.165) is 17.7 Å². The molecule has 144 valence electrons. The number of nitrogens with zero attached hydrogens (tertiary/aromatic N) is 1. The van der Waals surface area contributed by atoms with Crippen LogP contribution in [0.2, 0.25) is 0 Å². The van der Waals surface area contributed by atoms with Crippen LogP contribution in [0, 0.1) is 19.8 Å². The van der Waals surface area contributed by atoms with E-state index in [1.165, 1.54) is 0 Å². The molecule has 0 radical (unpaired) electrons. The van der Waals surface area contributed by atoms with Gasteiger partial charge in [0.15, 0.2) is 0 Å². The van der Waals surface area contributed by atoms with Crippen molar-refractivity contribution in [1.29, 1.82) is 0 Å². The van der Waals surface area contributed by atoms with Crippen LogP contribution in [0.25, 0.3) is 0 Å². The minimum atomic E-state index is -0.559. The zero-order valence-electron chi connectivity index (χ0n) is 16.3. The molecule has 7 heteroatoms. The molecule has 2 N–H and O–H groups in total. The van der Waals surface area contributed by atoms with Gasteiger partial charge in [0.1, 0.15) is 5.60 Å². The molecule has 7 nitrogen and oxygen atoms in total. The van der Waals surface area contributed by atoms with E-state index in [9.17, 15) is 14.4 Å². The molecule has 1 fully saturated rings. The van der Waals surface area contributed by atoms with Gasteiger partial charge in [-0.2, -0.15) is 0 Å². The fourth-order valence-electron chi connectivity index (χ4n) is 3.10. The third-order valence-electron chi connectivity index (χ3n) is 4.38. The van der Waals surface area contributed by atoms with E-state index in [-0.39, 0.29) is 30.0 Å². The average molecular weight is 363 g/mol. The molecule has 2 rings (SSSR count). The van der Waals surface area contributed by atoms with E-state index in [0.29, 0.717) is 25.1 Å². The van der Waals surface area contributed by atoms with E-state index < -0.39 is 5.60 Å². The standard InChI is InChI=1S/C19H29N3O4/c1-12-9-13(2)21-17(24)15(12)10-20-16(23)14-7-6-8-22(11-14)18(25)26-19(3,4)5/h9,14H,6-8,10-11H2,1-5H3,(H,20,23)(H,21,24)/t14-/m0/s1. The van der Waals surface area contributed by atoms with Gasteiger partial charge in [0, 0.05) is 30.9 Å². The fourth-order valence-corrected chi connectivity index (χ4v) is 3.10. The Labute approximate surface area is 154 Å². The number of H-pyrrole nitrogens is 1. The Morgan fingerprint density at radius 1 is 1.35 bits per heavy atom. The lowest BCUT2D eigenvalue weighted by Gasteiger charge is -2.33. The molecule has 1 saturated heterocycles. The topological polar surface area (TPSA) is 91.5 Å². The van der Waals surface area contributed by atoms with Gasteiger partial charge in [-0.25, -0.2) is 4.79 Å². The van der Waals surface area contributed by atoms with Gasteiger partial charge in [-0.3, -0.25) is 9.59 Å². The van der Waals surface area contributed by atoms with Crippen LogP contribution in [0.4, 0.5) is 4.79 Å². The van der Waals surface area contributed by atoms with Gasteiger partial charge in [-0.15, -0.1) is 0 Å². The smallest absolute Gasteiger partial charge is 0.410 e. The lowest BCUT2D eigenvalue weighted by Crippen LogP contribution is -2.47. The summed E-state index contributed by atoms with van der Waals surface area (Å²) in [5.41, 5.74) is 1.47. The minimum Gasteiger partial charge on any atom is -0.444 e. The zero-order chi connectivity index (χ0) is 19.5. The number of carbonyl (C=O) groups is 2. The number of aryl methyl sites for hydroxylation is 2. The largest absolute Gasteiger partial charge is 0.444 e. The molecule has 2 heterocycles. The molecule has 0 aromatic carbocycles. The number of hydrogen-bond acceptors (Lipinski definition) is 4. The van der Waals surface area contributed by atoms with E-state index in [1.807, 2.05) is 40.7 Å². The first kappa shape index (κ1) is 20.0. The van der Waals surface area contributed by atoms with Gasteiger partial charge in [-0.1, -0.05) is 0 Å². The Bertz CT molecular complexity index is 733. The van der Waals surface area contributed by atoms with Crippen LogP contribution in [0.1, 0.15) is 50.4 Å². The molecular weight excluding hydrogens is 334 g/mol. The highest BCUT2D eigenvalue weighted by Crippen LogP contribution is 2.19. The number of piperidine rings is 1. The van der Waals surface area contributed by atoms with Crippen molar-refractivity contribution >= 4 is 12.0 Å². The molecule has 0 spiro atoms. The summed E-state index contributed by atoms with van der Waals surface area (Å²) in [6, 6.07) is 1.88. The fraction of sp³-hybridized carbons (Fsp3) is 0.632. The van der Waals surface area contributed by atoms with Gasteiger partial charge in [0.2, 0.25) is 5.91 Å². The van der Waals surface area contributed by atoms with E-state index >= 15 is 0 Å². The summed E-state index contributed by atoms with van der Waals surface area (Å²) < 4.78 is 5.39. The zero-order valence-corrected chi connectivity index (χ0v) is 16.3. The SMILES string of the molecule is Cc1cc(C)c(CNC(=O)[C@H]2CCCN(C(=O)OC(C)(C)C)C2)c(=O)[nH]1. The van der Waals surface area contributed by atoms with Gasteiger partial charge in [0.25, 0.3) is 5.56 Å². The predicted molar refractivity (Wildman–Crippen MR) is 98.9 cm³/mol. The molecule has 1 aliphatic heterocycles. The quantitative estimate of drug-likeness (QED) is 0.862. The number of aromatic amines is 1. The van der Waals surface area contributed by atoms with Crippen molar-refractivity contribution in [3.63, 3.8) is 0 Å². The summed E-state index contributed by atoms with van der Waals surface area (Å²) in [5.74, 6) is -0.432. The Balaban J connectivity index is 1.95. The van der Waals surface area contributed by atoms with Crippen LogP contribution in [0.3, 0.4) is 0 Å². The summed E-state index contributed by atoms with van der Waals surface area (Å²) in [5, 5.41) is 2.84. The number of pyridine rings is 1. The lowest BCUT2D eigenvalue weighted by molar-refractivity contribution is -0.126. The summed E-state index contributed by atoms with van der Waals surface area (Å²) in [4.78, 5) is 41.1. The highest BCUT2D eigenvalue weighted by molar-refractivity contribution is 5.80. The summed E-state index contributed by atoms with van der Waals surface area (Å²) in [7, 11) is 0.